The van der Waals surface area contributed by atoms with Crippen molar-refractivity contribution in [3.63, 3.8) is 0 Å². The van der Waals surface area contributed by atoms with Crippen molar-refractivity contribution in [1.29, 1.82) is 0 Å². The normalized spacial score (nSPS) is 12.2. The summed E-state index contributed by atoms with van der Waals surface area (Å²) in [5.74, 6) is -0.645. The van der Waals surface area contributed by atoms with Gasteiger partial charge in [0.2, 0.25) is 0 Å². The van der Waals surface area contributed by atoms with Crippen molar-refractivity contribution in [2.45, 2.75) is 13.1 Å². The Morgan fingerprint density at radius 3 is 2.19 bits per heavy atom. The van der Waals surface area contributed by atoms with Crippen LogP contribution in [0.3, 0.4) is 0 Å². The molecule has 0 bridgehead atoms. The fraction of sp³-hybridized carbons (Fsp3) is 0.417. The van der Waals surface area contributed by atoms with E-state index in [1.54, 1.807) is 12.1 Å². The molecule has 2 aromatic rings. The van der Waals surface area contributed by atoms with Crippen molar-refractivity contribution in [2.24, 2.45) is 14.1 Å². The minimum atomic E-state index is -4.34. The van der Waals surface area contributed by atoms with E-state index in [0.717, 1.165) is 5.56 Å². The number of alkyl halides is 3. The molecule has 0 aliphatic rings. The zero-order valence-corrected chi connectivity index (χ0v) is 12.7. The fourth-order valence-corrected chi connectivity index (χ4v) is 2.02. The molecule has 0 atom stereocenters. The number of nitrogens with zero attached hydrogens (tertiary/aromatic N) is 2. The molecule has 5 nitrogen and oxygen atoms in total. The second-order valence-corrected chi connectivity index (χ2v) is 6.04. The molecule has 0 N–H and O–H groups in total. The standard InChI is InChI=1S/C11H12F3N2.CH4O3S/c1-7-4-5-8-9(6-7)16(3)10(15(8)2)11(12,13)14;1-5(2,3)4/h4-6H,1-3H3;1H3,(H,2,3,4)/q+1;/p-1. The summed E-state index contributed by atoms with van der Waals surface area (Å²) >= 11 is 0. The van der Waals surface area contributed by atoms with Crippen molar-refractivity contribution in [2.75, 3.05) is 6.26 Å². The van der Waals surface area contributed by atoms with Gasteiger partial charge in [0.25, 0.3) is 0 Å². The van der Waals surface area contributed by atoms with Crippen LogP contribution in [-0.2, 0) is 30.4 Å². The lowest BCUT2D eigenvalue weighted by Gasteiger charge is -2.01. The first kappa shape index (κ1) is 17.4. The van der Waals surface area contributed by atoms with E-state index >= 15 is 0 Å². The summed E-state index contributed by atoms with van der Waals surface area (Å²) < 4.78 is 68.0. The average Bonchev–Trinajstić information content (AvgIpc) is 2.47. The molecule has 9 heteroatoms. The van der Waals surface area contributed by atoms with Gasteiger partial charge >= 0.3 is 12.0 Å². The quantitative estimate of drug-likeness (QED) is 0.545. The van der Waals surface area contributed by atoms with Gasteiger partial charge < -0.3 is 4.55 Å². The van der Waals surface area contributed by atoms with Gasteiger partial charge in [-0.2, -0.15) is 13.2 Å². The van der Waals surface area contributed by atoms with Crippen LogP contribution in [0.25, 0.3) is 11.0 Å². The van der Waals surface area contributed by atoms with Crippen LogP contribution in [0.15, 0.2) is 18.2 Å². The van der Waals surface area contributed by atoms with Crippen LogP contribution >= 0.6 is 0 Å². The predicted molar refractivity (Wildman–Crippen MR) is 69.5 cm³/mol. The first-order valence-electron chi connectivity index (χ1n) is 5.75. The van der Waals surface area contributed by atoms with Gasteiger partial charge in [0.15, 0.2) is 11.0 Å². The van der Waals surface area contributed by atoms with Crippen molar-refractivity contribution in [1.82, 2.24) is 4.57 Å². The number of imidazole rings is 1. The minimum absolute atomic E-state index is 0.584. The summed E-state index contributed by atoms with van der Waals surface area (Å²) in [4.78, 5) is 0. The zero-order valence-electron chi connectivity index (χ0n) is 11.9. The number of aromatic nitrogens is 2. The summed E-state index contributed by atoms with van der Waals surface area (Å²) in [6, 6.07) is 5.27. The predicted octanol–water partition coefficient (Wildman–Crippen LogP) is 1.49. The highest BCUT2D eigenvalue weighted by Crippen LogP contribution is 2.29. The highest BCUT2D eigenvalue weighted by Gasteiger charge is 2.45. The molecule has 118 valence electrons. The second-order valence-electron chi connectivity index (χ2n) is 4.64. The number of rotatable bonds is 0. The van der Waals surface area contributed by atoms with Crippen LogP contribution < -0.4 is 4.57 Å². The number of benzene rings is 1. The Labute approximate surface area is 120 Å². The van der Waals surface area contributed by atoms with Crippen molar-refractivity contribution in [3.05, 3.63) is 29.6 Å². The molecule has 0 unspecified atom stereocenters. The third-order valence-corrected chi connectivity index (χ3v) is 2.74. The van der Waals surface area contributed by atoms with E-state index in [1.165, 1.54) is 23.2 Å². The van der Waals surface area contributed by atoms with Gasteiger partial charge in [-0.3, -0.25) is 0 Å². The van der Waals surface area contributed by atoms with E-state index in [1.807, 2.05) is 13.0 Å². The van der Waals surface area contributed by atoms with Crippen LogP contribution in [0.2, 0.25) is 0 Å². The van der Waals surface area contributed by atoms with E-state index in [9.17, 15) is 13.2 Å². The van der Waals surface area contributed by atoms with Crippen LogP contribution in [0.5, 0.6) is 0 Å². The van der Waals surface area contributed by atoms with Crippen molar-refractivity contribution < 1.29 is 30.7 Å². The Morgan fingerprint density at radius 2 is 1.76 bits per heavy atom. The van der Waals surface area contributed by atoms with Gasteiger partial charge in [-0.15, -0.1) is 0 Å². The highest BCUT2D eigenvalue weighted by molar-refractivity contribution is 7.84. The number of hydrogen-bond acceptors (Lipinski definition) is 3. The molecule has 0 aliphatic carbocycles. The Hall–Kier alpha value is -1.61. The van der Waals surface area contributed by atoms with Gasteiger partial charge in [0, 0.05) is 6.26 Å². The molecule has 0 aliphatic heterocycles. The molecule has 1 aromatic carbocycles. The Kier molecular flexibility index (Phi) is 4.69. The second kappa shape index (κ2) is 5.64. The molecule has 1 heterocycles. The lowest BCUT2D eigenvalue weighted by molar-refractivity contribution is -0.667. The van der Waals surface area contributed by atoms with Crippen LogP contribution in [0.4, 0.5) is 13.2 Å². The van der Waals surface area contributed by atoms with Crippen LogP contribution in [-0.4, -0.2) is 23.8 Å². The topological polar surface area (TPSA) is 66.0 Å². The maximum absolute atomic E-state index is 12.8. The van der Waals surface area contributed by atoms with Gasteiger partial charge in [0.1, 0.15) is 0 Å². The van der Waals surface area contributed by atoms with Crippen LogP contribution in [0, 0.1) is 6.92 Å². The van der Waals surface area contributed by atoms with Gasteiger partial charge in [-0.05, 0) is 24.6 Å². The molecule has 1 aromatic heterocycles. The number of halogens is 3. The SMILES string of the molecule is CS(=O)(=O)[O-].Cc1ccc2c(c1)n(C)c(C(F)(F)F)[n+]2C. The highest BCUT2D eigenvalue weighted by atomic mass is 32.2. The van der Waals surface area contributed by atoms with E-state index in [-0.39, 0.29) is 0 Å². The molecule has 0 spiro atoms. The summed E-state index contributed by atoms with van der Waals surface area (Å²) in [5, 5.41) is 0. The molecule has 0 amide bonds. The van der Waals surface area contributed by atoms with Crippen LogP contribution in [0.1, 0.15) is 11.4 Å². The first-order valence-corrected chi connectivity index (χ1v) is 7.57. The van der Waals surface area contributed by atoms with Crippen molar-refractivity contribution >= 4 is 21.2 Å². The maximum Gasteiger partial charge on any atom is 0.495 e. The largest absolute Gasteiger partial charge is 0.748 e. The molecule has 0 saturated carbocycles. The Balaban J connectivity index is 0.000000383. The first-order chi connectivity index (χ1) is 9.32. The number of fused-ring (bicyclic) bond motifs is 1. The molecule has 0 saturated heterocycles. The smallest absolute Gasteiger partial charge is 0.495 e. The molecule has 0 fully saturated rings. The molecule has 21 heavy (non-hydrogen) atoms. The minimum Gasteiger partial charge on any atom is -0.748 e. The van der Waals surface area contributed by atoms with Gasteiger partial charge in [-0.1, -0.05) is 6.07 Å². The molecule has 2 rings (SSSR count). The molecular formula is C12H15F3N2O3S. The Bertz CT molecular complexity index is 756. The lowest BCUT2D eigenvalue weighted by atomic mass is 10.2. The van der Waals surface area contributed by atoms with E-state index < -0.39 is 22.1 Å². The monoisotopic (exact) mass is 324 g/mol. The van der Waals surface area contributed by atoms with Gasteiger partial charge in [0.05, 0.1) is 24.2 Å². The van der Waals surface area contributed by atoms with Gasteiger partial charge in [-0.25, -0.2) is 17.6 Å². The number of hydrogen-bond donors (Lipinski definition) is 0. The summed E-state index contributed by atoms with van der Waals surface area (Å²) in [6.45, 7) is 1.86. The summed E-state index contributed by atoms with van der Waals surface area (Å²) in [6.07, 6.45) is -3.73. The van der Waals surface area contributed by atoms with Crippen molar-refractivity contribution in [3.8, 4) is 0 Å². The van der Waals surface area contributed by atoms with E-state index in [0.29, 0.717) is 17.3 Å². The maximum atomic E-state index is 12.8. The number of aryl methyl sites for hydroxylation is 3. The van der Waals surface area contributed by atoms with E-state index in [4.69, 9.17) is 13.0 Å². The fourth-order valence-electron chi connectivity index (χ4n) is 2.02. The summed E-state index contributed by atoms with van der Waals surface area (Å²) in [5.41, 5.74) is 2.12. The third kappa shape index (κ3) is 4.43. The zero-order chi connectivity index (χ0) is 16.6. The summed E-state index contributed by atoms with van der Waals surface area (Å²) in [7, 11) is -1.05. The average molecular weight is 324 g/mol. The lowest BCUT2D eigenvalue weighted by Crippen LogP contribution is -2.37. The van der Waals surface area contributed by atoms with E-state index in [2.05, 4.69) is 0 Å². The molecule has 0 radical (unpaired) electrons. The third-order valence-electron chi connectivity index (χ3n) is 2.74. The Morgan fingerprint density at radius 1 is 1.29 bits per heavy atom. The molecular weight excluding hydrogens is 309 g/mol.